The molecule has 1 amide bonds. The maximum atomic E-state index is 11.7. The highest BCUT2D eigenvalue weighted by atomic mass is 16.6. The fraction of sp³-hybridized carbons (Fsp3) is 0.650. The Balaban J connectivity index is 1.73. The molecule has 0 aliphatic heterocycles. The van der Waals surface area contributed by atoms with Gasteiger partial charge in [-0.05, 0) is 57.2 Å². The topological polar surface area (TPSA) is 50.4 Å². The molecule has 134 valence electrons. The summed E-state index contributed by atoms with van der Waals surface area (Å²) in [6, 6.07) is 8.35. The van der Waals surface area contributed by atoms with Crippen LogP contribution in [0.5, 0.6) is 0 Å². The smallest absolute Gasteiger partial charge is 0.407 e. The molecule has 1 aromatic carbocycles. The second-order valence-corrected chi connectivity index (χ2v) is 7.81. The van der Waals surface area contributed by atoms with Crippen molar-refractivity contribution < 1.29 is 9.53 Å². The molecule has 0 aromatic heterocycles. The third-order valence-corrected chi connectivity index (χ3v) is 4.31. The van der Waals surface area contributed by atoms with E-state index in [0.29, 0.717) is 6.54 Å². The summed E-state index contributed by atoms with van der Waals surface area (Å²) in [5.74, 6) is 0.843. The van der Waals surface area contributed by atoms with Gasteiger partial charge in [0.25, 0.3) is 0 Å². The van der Waals surface area contributed by atoms with Gasteiger partial charge in [-0.3, -0.25) is 0 Å². The summed E-state index contributed by atoms with van der Waals surface area (Å²) >= 11 is 0. The van der Waals surface area contributed by atoms with Crippen molar-refractivity contribution in [2.75, 3.05) is 6.54 Å². The Kier molecular flexibility index (Phi) is 7.10. The molecular weight excluding hydrogens is 300 g/mol. The number of ether oxygens (including phenoxy) is 1. The first-order valence-corrected chi connectivity index (χ1v) is 9.18. The Morgan fingerprint density at radius 3 is 2.46 bits per heavy atom. The molecular formula is C20H32N2O2. The molecule has 4 nitrogen and oxygen atoms in total. The van der Waals surface area contributed by atoms with E-state index in [4.69, 9.17) is 4.74 Å². The molecule has 2 rings (SSSR count). The third kappa shape index (κ3) is 7.35. The van der Waals surface area contributed by atoms with Gasteiger partial charge in [0, 0.05) is 13.1 Å². The lowest BCUT2D eigenvalue weighted by atomic mass is 9.89. The van der Waals surface area contributed by atoms with E-state index in [1.54, 1.807) is 0 Å². The minimum absolute atomic E-state index is 0.372. The Morgan fingerprint density at radius 2 is 1.79 bits per heavy atom. The fourth-order valence-electron chi connectivity index (χ4n) is 3.15. The maximum Gasteiger partial charge on any atom is 0.407 e. The van der Waals surface area contributed by atoms with Gasteiger partial charge in [-0.25, -0.2) is 4.79 Å². The average molecular weight is 332 g/mol. The molecule has 1 fully saturated rings. The Morgan fingerprint density at radius 1 is 1.12 bits per heavy atom. The summed E-state index contributed by atoms with van der Waals surface area (Å²) < 4.78 is 5.26. The second-order valence-electron chi connectivity index (χ2n) is 7.81. The molecule has 1 aliphatic rings. The van der Waals surface area contributed by atoms with Gasteiger partial charge in [0.05, 0.1) is 0 Å². The molecule has 1 saturated carbocycles. The van der Waals surface area contributed by atoms with Crippen molar-refractivity contribution in [3.8, 4) is 0 Å². The Hall–Kier alpha value is -1.55. The number of hydrogen-bond donors (Lipinski definition) is 2. The number of alkyl carbamates (subject to hydrolysis) is 1. The zero-order chi connectivity index (χ0) is 17.4. The largest absolute Gasteiger partial charge is 0.444 e. The van der Waals surface area contributed by atoms with Gasteiger partial charge in [0.1, 0.15) is 5.60 Å². The molecule has 1 aliphatic carbocycles. The van der Waals surface area contributed by atoms with E-state index in [9.17, 15) is 4.79 Å². The van der Waals surface area contributed by atoms with Crippen molar-refractivity contribution >= 4 is 6.09 Å². The summed E-state index contributed by atoms with van der Waals surface area (Å²) in [6.45, 7) is 8.09. The zero-order valence-corrected chi connectivity index (χ0v) is 15.4. The summed E-state index contributed by atoms with van der Waals surface area (Å²) in [5, 5.41) is 6.39. The minimum atomic E-state index is -0.463. The first-order valence-electron chi connectivity index (χ1n) is 9.18. The molecule has 24 heavy (non-hydrogen) atoms. The van der Waals surface area contributed by atoms with Gasteiger partial charge in [-0.15, -0.1) is 0 Å². The van der Waals surface area contributed by atoms with Gasteiger partial charge in [0.15, 0.2) is 0 Å². The van der Waals surface area contributed by atoms with Crippen LogP contribution >= 0.6 is 0 Å². The highest BCUT2D eigenvalue weighted by Gasteiger charge is 2.15. The normalized spacial score (nSPS) is 16.0. The van der Waals surface area contributed by atoms with Crippen molar-refractivity contribution in [2.24, 2.45) is 5.92 Å². The molecule has 0 atom stereocenters. The number of rotatable bonds is 6. The molecule has 1 aromatic rings. The molecule has 0 spiro atoms. The predicted octanol–water partition coefficient (Wildman–Crippen LogP) is 4.38. The Bertz CT molecular complexity index is 517. The number of nitrogens with one attached hydrogen (secondary N) is 2. The molecule has 0 saturated heterocycles. The minimum Gasteiger partial charge on any atom is -0.444 e. The lowest BCUT2D eigenvalue weighted by Gasteiger charge is -2.22. The summed E-state index contributed by atoms with van der Waals surface area (Å²) in [6.07, 6.45) is 6.54. The van der Waals surface area contributed by atoms with E-state index >= 15 is 0 Å². The quantitative estimate of drug-likeness (QED) is 0.813. The van der Waals surface area contributed by atoms with Crippen molar-refractivity contribution in [3.63, 3.8) is 0 Å². The molecule has 0 unspecified atom stereocenters. The number of carbonyl (C=O) groups is 1. The van der Waals surface area contributed by atoms with Crippen LogP contribution < -0.4 is 10.6 Å². The van der Waals surface area contributed by atoms with Crippen molar-refractivity contribution in [3.05, 3.63) is 35.4 Å². The van der Waals surface area contributed by atoms with Crippen LogP contribution in [-0.2, 0) is 17.8 Å². The van der Waals surface area contributed by atoms with Crippen LogP contribution in [0.2, 0.25) is 0 Å². The molecule has 0 bridgehead atoms. The van der Waals surface area contributed by atoms with E-state index < -0.39 is 5.60 Å². The lowest BCUT2D eigenvalue weighted by molar-refractivity contribution is 0.0523. The van der Waals surface area contributed by atoms with Crippen molar-refractivity contribution in [1.82, 2.24) is 10.6 Å². The van der Waals surface area contributed by atoms with Gasteiger partial charge >= 0.3 is 6.09 Å². The maximum absolute atomic E-state index is 11.7. The van der Waals surface area contributed by atoms with E-state index in [2.05, 4.69) is 22.8 Å². The van der Waals surface area contributed by atoms with Crippen LogP contribution in [0.1, 0.15) is 64.0 Å². The fourth-order valence-corrected chi connectivity index (χ4v) is 3.15. The first kappa shape index (κ1) is 18.8. The van der Waals surface area contributed by atoms with Crippen LogP contribution in [0, 0.1) is 5.92 Å². The van der Waals surface area contributed by atoms with Crippen LogP contribution in [0.3, 0.4) is 0 Å². The number of hydrogen-bond acceptors (Lipinski definition) is 3. The number of carbonyl (C=O) groups excluding carboxylic acids is 1. The monoisotopic (exact) mass is 332 g/mol. The van der Waals surface area contributed by atoms with Gasteiger partial charge in [-0.2, -0.15) is 0 Å². The van der Waals surface area contributed by atoms with Gasteiger partial charge in [0.2, 0.25) is 0 Å². The van der Waals surface area contributed by atoms with E-state index in [0.717, 1.165) is 24.6 Å². The Labute approximate surface area is 146 Å². The predicted molar refractivity (Wildman–Crippen MR) is 97.8 cm³/mol. The first-order chi connectivity index (χ1) is 11.4. The standard InChI is InChI=1S/C20H32N2O2/c1-20(2,3)24-19(23)22-15-18-11-7-10-17(12-18)14-21-13-16-8-5-4-6-9-16/h7,10-12,16,21H,4-6,8-9,13-15H2,1-3H3,(H,22,23). The van der Waals surface area contributed by atoms with Gasteiger partial charge < -0.3 is 15.4 Å². The molecule has 2 N–H and O–H groups in total. The van der Waals surface area contributed by atoms with E-state index in [1.165, 1.54) is 37.7 Å². The van der Waals surface area contributed by atoms with Crippen molar-refractivity contribution in [1.29, 1.82) is 0 Å². The summed E-state index contributed by atoms with van der Waals surface area (Å²) in [5.41, 5.74) is 1.89. The van der Waals surface area contributed by atoms with E-state index in [1.807, 2.05) is 32.9 Å². The zero-order valence-electron chi connectivity index (χ0n) is 15.4. The molecule has 0 heterocycles. The molecule has 0 radical (unpaired) electrons. The third-order valence-electron chi connectivity index (χ3n) is 4.31. The highest BCUT2D eigenvalue weighted by molar-refractivity contribution is 5.67. The van der Waals surface area contributed by atoms with Crippen LogP contribution in [0.4, 0.5) is 4.79 Å². The summed E-state index contributed by atoms with van der Waals surface area (Å²) in [4.78, 5) is 11.7. The SMILES string of the molecule is CC(C)(C)OC(=O)NCc1cccc(CNCC2CCCCC2)c1. The summed E-state index contributed by atoms with van der Waals surface area (Å²) in [7, 11) is 0. The average Bonchev–Trinajstić information content (AvgIpc) is 2.53. The lowest BCUT2D eigenvalue weighted by Crippen LogP contribution is -2.32. The van der Waals surface area contributed by atoms with Crippen LogP contribution in [-0.4, -0.2) is 18.2 Å². The van der Waals surface area contributed by atoms with Crippen LogP contribution in [0.15, 0.2) is 24.3 Å². The molecule has 4 heteroatoms. The van der Waals surface area contributed by atoms with E-state index in [-0.39, 0.29) is 6.09 Å². The number of benzene rings is 1. The number of amides is 1. The van der Waals surface area contributed by atoms with Crippen molar-refractivity contribution in [2.45, 2.75) is 71.6 Å². The second kappa shape index (κ2) is 9.07. The van der Waals surface area contributed by atoms with Gasteiger partial charge in [-0.1, -0.05) is 43.5 Å². The highest BCUT2D eigenvalue weighted by Crippen LogP contribution is 2.22. The van der Waals surface area contributed by atoms with Crippen LogP contribution in [0.25, 0.3) is 0 Å².